The molecule has 0 aliphatic carbocycles. The quantitative estimate of drug-likeness (QED) is 0.264. The molecular formula is C19H40O4S. The SMILES string of the molecule is CCCCCCCC(O)CCCCCCCCCC(C)S(=O)(=O)O. The Morgan fingerprint density at radius 1 is 0.708 bits per heavy atom. The molecule has 0 aliphatic rings. The Balaban J connectivity index is 3.30. The summed E-state index contributed by atoms with van der Waals surface area (Å²) >= 11 is 0. The van der Waals surface area contributed by atoms with Crippen molar-refractivity contribution in [2.45, 2.75) is 122 Å². The number of hydrogen-bond donors (Lipinski definition) is 2. The summed E-state index contributed by atoms with van der Waals surface area (Å²) in [7, 11) is -3.85. The minimum atomic E-state index is -3.85. The van der Waals surface area contributed by atoms with Crippen LogP contribution in [-0.2, 0) is 10.1 Å². The van der Waals surface area contributed by atoms with Crippen molar-refractivity contribution in [1.29, 1.82) is 0 Å². The van der Waals surface area contributed by atoms with Crippen LogP contribution in [0.1, 0.15) is 110 Å². The Morgan fingerprint density at radius 3 is 1.50 bits per heavy atom. The lowest BCUT2D eigenvalue weighted by Crippen LogP contribution is -2.16. The maximum absolute atomic E-state index is 10.9. The molecule has 0 aliphatic heterocycles. The number of rotatable bonds is 17. The van der Waals surface area contributed by atoms with E-state index in [9.17, 15) is 13.5 Å². The molecule has 2 N–H and O–H groups in total. The van der Waals surface area contributed by atoms with E-state index < -0.39 is 15.4 Å². The third-order valence-electron chi connectivity index (χ3n) is 4.80. The van der Waals surface area contributed by atoms with Gasteiger partial charge in [0.15, 0.2) is 0 Å². The molecule has 146 valence electrons. The van der Waals surface area contributed by atoms with Gasteiger partial charge in [0, 0.05) is 0 Å². The van der Waals surface area contributed by atoms with Crippen LogP contribution in [0.5, 0.6) is 0 Å². The van der Waals surface area contributed by atoms with Crippen LogP contribution in [0, 0.1) is 0 Å². The highest BCUT2D eigenvalue weighted by molar-refractivity contribution is 7.86. The summed E-state index contributed by atoms with van der Waals surface area (Å²) in [5.41, 5.74) is 0. The second kappa shape index (κ2) is 15.2. The minimum Gasteiger partial charge on any atom is -0.393 e. The molecule has 0 spiro atoms. The Labute approximate surface area is 150 Å². The van der Waals surface area contributed by atoms with Crippen LogP contribution in [0.4, 0.5) is 0 Å². The molecule has 0 bridgehead atoms. The summed E-state index contributed by atoms with van der Waals surface area (Å²) < 4.78 is 30.6. The Bertz CT molecular complexity index is 368. The van der Waals surface area contributed by atoms with Crippen LogP contribution >= 0.6 is 0 Å². The molecule has 0 heterocycles. The first-order chi connectivity index (χ1) is 11.4. The first-order valence-electron chi connectivity index (χ1n) is 10.0. The molecule has 0 aromatic heterocycles. The van der Waals surface area contributed by atoms with Crippen LogP contribution in [-0.4, -0.2) is 29.4 Å². The Kier molecular flexibility index (Phi) is 15.1. The fraction of sp³-hybridized carbons (Fsp3) is 1.00. The van der Waals surface area contributed by atoms with E-state index in [1.807, 2.05) is 0 Å². The summed E-state index contributed by atoms with van der Waals surface area (Å²) in [6.07, 6.45) is 16.3. The van der Waals surface area contributed by atoms with Gasteiger partial charge < -0.3 is 5.11 Å². The van der Waals surface area contributed by atoms with Crippen molar-refractivity contribution in [2.75, 3.05) is 0 Å². The molecule has 0 aromatic rings. The van der Waals surface area contributed by atoms with Gasteiger partial charge in [0.2, 0.25) is 0 Å². The predicted molar refractivity (Wildman–Crippen MR) is 102 cm³/mol. The van der Waals surface area contributed by atoms with Crippen molar-refractivity contribution in [1.82, 2.24) is 0 Å². The van der Waals surface area contributed by atoms with E-state index in [4.69, 9.17) is 4.55 Å². The van der Waals surface area contributed by atoms with Gasteiger partial charge in [-0.3, -0.25) is 4.55 Å². The lowest BCUT2D eigenvalue weighted by molar-refractivity contribution is 0.147. The van der Waals surface area contributed by atoms with E-state index in [1.165, 1.54) is 44.9 Å². The third kappa shape index (κ3) is 15.4. The van der Waals surface area contributed by atoms with Gasteiger partial charge in [-0.2, -0.15) is 8.42 Å². The molecule has 24 heavy (non-hydrogen) atoms. The number of hydrogen-bond acceptors (Lipinski definition) is 3. The zero-order chi connectivity index (χ0) is 18.3. The molecule has 2 unspecified atom stereocenters. The zero-order valence-electron chi connectivity index (χ0n) is 15.9. The smallest absolute Gasteiger partial charge is 0.267 e. The molecule has 0 fully saturated rings. The first-order valence-corrected chi connectivity index (χ1v) is 11.5. The van der Waals surface area contributed by atoms with Gasteiger partial charge in [0.25, 0.3) is 10.1 Å². The van der Waals surface area contributed by atoms with E-state index >= 15 is 0 Å². The van der Waals surface area contributed by atoms with Crippen LogP contribution < -0.4 is 0 Å². The first kappa shape index (κ1) is 23.9. The average Bonchev–Trinajstić information content (AvgIpc) is 2.51. The van der Waals surface area contributed by atoms with Gasteiger partial charge in [-0.05, 0) is 26.2 Å². The van der Waals surface area contributed by atoms with Gasteiger partial charge in [0.05, 0.1) is 11.4 Å². The van der Waals surface area contributed by atoms with Crippen molar-refractivity contribution in [3.63, 3.8) is 0 Å². The normalized spacial score (nSPS) is 14.7. The standard InChI is InChI=1S/C19H40O4S/c1-3-4-5-9-13-16-19(20)17-14-11-8-6-7-10-12-15-18(2)24(21,22)23/h18-20H,3-17H2,1-2H3,(H,21,22,23). The second-order valence-electron chi connectivity index (χ2n) is 7.23. The molecular weight excluding hydrogens is 324 g/mol. The van der Waals surface area contributed by atoms with Crippen molar-refractivity contribution < 1.29 is 18.1 Å². The maximum atomic E-state index is 10.9. The van der Waals surface area contributed by atoms with Gasteiger partial charge in [0.1, 0.15) is 0 Å². The Morgan fingerprint density at radius 2 is 1.08 bits per heavy atom. The monoisotopic (exact) mass is 364 g/mol. The van der Waals surface area contributed by atoms with E-state index in [2.05, 4.69) is 6.92 Å². The van der Waals surface area contributed by atoms with Crippen molar-refractivity contribution in [2.24, 2.45) is 0 Å². The van der Waals surface area contributed by atoms with Crippen LogP contribution in [0.25, 0.3) is 0 Å². The number of aliphatic hydroxyl groups is 1. The van der Waals surface area contributed by atoms with E-state index in [0.29, 0.717) is 6.42 Å². The van der Waals surface area contributed by atoms with Crippen molar-refractivity contribution in [3.8, 4) is 0 Å². The largest absolute Gasteiger partial charge is 0.393 e. The zero-order valence-corrected chi connectivity index (χ0v) is 16.7. The highest BCUT2D eigenvalue weighted by Gasteiger charge is 2.15. The van der Waals surface area contributed by atoms with Gasteiger partial charge in [-0.1, -0.05) is 84.0 Å². The van der Waals surface area contributed by atoms with E-state index in [1.54, 1.807) is 6.92 Å². The number of unbranched alkanes of at least 4 members (excludes halogenated alkanes) is 10. The molecule has 2 atom stereocenters. The molecule has 0 amide bonds. The van der Waals surface area contributed by atoms with Crippen LogP contribution in [0.3, 0.4) is 0 Å². The second-order valence-corrected chi connectivity index (χ2v) is 9.07. The predicted octanol–water partition coefficient (Wildman–Crippen LogP) is 5.50. The molecule has 0 aromatic carbocycles. The van der Waals surface area contributed by atoms with Crippen molar-refractivity contribution in [3.05, 3.63) is 0 Å². The topological polar surface area (TPSA) is 74.6 Å². The van der Waals surface area contributed by atoms with E-state index in [0.717, 1.165) is 44.9 Å². The highest BCUT2D eigenvalue weighted by Crippen LogP contribution is 2.15. The summed E-state index contributed by atoms with van der Waals surface area (Å²) in [5, 5.41) is 9.29. The lowest BCUT2D eigenvalue weighted by Gasteiger charge is -2.10. The number of aliphatic hydroxyl groups excluding tert-OH is 1. The summed E-state index contributed by atoms with van der Waals surface area (Å²) in [4.78, 5) is 0. The van der Waals surface area contributed by atoms with Gasteiger partial charge in [-0.25, -0.2) is 0 Å². The van der Waals surface area contributed by atoms with Gasteiger partial charge in [-0.15, -0.1) is 0 Å². The maximum Gasteiger partial charge on any atom is 0.267 e. The summed E-state index contributed by atoms with van der Waals surface area (Å²) in [5.74, 6) is 0. The fourth-order valence-electron chi connectivity index (χ4n) is 2.97. The Hall–Kier alpha value is -0.130. The minimum absolute atomic E-state index is 0.117. The molecule has 0 saturated carbocycles. The molecule has 4 nitrogen and oxygen atoms in total. The molecule has 5 heteroatoms. The molecule has 0 rings (SSSR count). The van der Waals surface area contributed by atoms with Crippen LogP contribution in [0.2, 0.25) is 0 Å². The van der Waals surface area contributed by atoms with Crippen LogP contribution in [0.15, 0.2) is 0 Å². The summed E-state index contributed by atoms with van der Waals surface area (Å²) in [6, 6.07) is 0. The molecule has 0 saturated heterocycles. The average molecular weight is 365 g/mol. The lowest BCUT2D eigenvalue weighted by atomic mass is 10.0. The molecule has 0 radical (unpaired) electrons. The van der Waals surface area contributed by atoms with Gasteiger partial charge >= 0.3 is 0 Å². The highest BCUT2D eigenvalue weighted by atomic mass is 32.2. The summed E-state index contributed by atoms with van der Waals surface area (Å²) in [6.45, 7) is 3.78. The van der Waals surface area contributed by atoms with Crippen molar-refractivity contribution >= 4 is 10.1 Å². The fourth-order valence-corrected chi connectivity index (χ4v) is 3.44. The third-order valence-corrected chi connectivity index (χ3v) is 6.05. The van der Waals surface area contributed by atoms with E-state index in [-0.39, 0.29) is 6.10 Å².